The average Bonchev–Trinajstić information content (AvgIpc) is 2.76. The maximum absolute atomic E-state index is 13.5. The number of halogens is 1. The van der Waals surface area contributed by atoms with Gasteiger partial charge >= 0.3 is 0 Å². The Balaban J connectivity index is 2.15. The van der Waals surface area contributed by atoms with Crippen LogP contribution in [0, 0.1) is 12.7 Å². The van der Waals surface area contributed by atoms with Gasteiger partial charge in [-0.25, -0.2) is 4.39 Å². The van der Waals surface area contributed by atoms with Crippen LogP contribution in [0.5, 0.6) is 5.75 Å². The van der Waals surface area contributed by atoms with Gasteiger partial charge in [0.2, 0.25) is 0 Å². The van der Waals surface area contributed by atoms with Crippen LogP contribution < -0.4 is 4.74 Å². The smallest absolute Gasteiger partial charge is 0.165 e. The molecule has 2 aromatic rings. The summed E-state index contributed by atoms with van der Waals surface area (Å²) in [5, 5.41) is 13.9. The van der Waals surface area contributed by atoms with Crippen LogP contribution in [0.4, 0.5) is 4.39 Å². The van der Waals surface area contributed by atoms with Gasteiger partial charge in [0.25, 0.3) is 0 Å². The first kappa shape index (κ1) is 12.9. The molecule has 0 aliphatic carbocycles. The number of rotatable bonds is 4. The Morgan fingerprint density at radius 3 is 2.83 bits per heavy atom. The monoisotopic (exact) mass is 268 g/mol. The Hall–Kier alpha value is -1.53. The zero-order chi connectivity index (χ0) is 13.1. The van der Waals surface area contributed by atoms with Crippen molar-refractivity contribution in [3.05, 3.63) is 40.2 Å². The second-order valence-corrected chi connectivity index (χ2v) is 4.70. The van der Waals surface area contributed by atoms with Gasteiger partial charge in [0.15, 0.2) is 11.6 Å². The zero-order valence-corrected chi connectivity index (χ0v) is 10.9. The summed E-state index contributed by atoms with van der Waals surface area (Å²) in [5.41, 5.74) is 1.41. The van der Waals surface area contributed by atoms with Crippen LogP contribution >= 0.6 is 11.5 Å². The summed E-state index contributed by atoms with van der Waals surface area (Å²) in [6.45, 7) is 1.79. The van der Waals surface area contributed by atoms with Crippen molar-refractivity contribution in [2.75, 3.05) is 7.11 Å². The van der Waals surface area contributed by atoms with E-state index in [0.717, 1.165) is 11.5 Å². The van der Waals surface area contributed by atoms with Gasteiger partial charge in [-0.15, -0.1) is 5.10 Å². The Kier molecular flexibility index (Phi) is 3.88. The molecule has 1 N–H and O–H groups in total. The normalized spacial score (nSPS) is 12.4. The van der Waals surface area contributed by atoms with E-state index in [-0.39, 0.29) is 5.75 Å². The Bertz CT molecular complexity index is 545. The van der Waals surface area contributed by atoms with E-state index in [2.05, 4.69) is 9.59 Å². The van der Waals surface area contributed by atoms with Gasteiger partial charge in [0.05, 0.1) is 23.8 Å². The van der Waals surface area contributed by atoms with Crippen LogP contribution in [-0.4, -0.2) is 21.8 Å². The molecule has 0 spiro atoms. The lowest BCUT2D eigenvalue weighted by Gasteiger charge is -2.10. The molecule has 1 atom stereocenters. The fraction of sp³-hybridized carbons (Fsp3) is 0.333. The summed E-state index contributed by atoms with van der Waals surface area (Å²) in [5.74, 6) is -0.231. The van der Waals surface area contributed by atoms with Crippen molar-refractivity contribution in [3.63, 3.8) is 0 Å². The molecular weight excluding hydrogens is 255 g/mol. The Morgan fingerprint density at radius 2 is 2.28 bits per heavy atom. The number of methoxy groups -OCH3 is 1. The molecule has 18 heavy (non-hydrogen) atoms. The summed E-state index contributed by atoms with van der Waals surface area (Å²) in [7, 11) is 1.42. The number of aliphatic hydroxyl groups is 1. The molecule has 0 bridgehead atoms. The molecular formula is C12H13FN2O2S. The highest BCUT2D eigenvalue weighted by Crippen LogP contribution is 2.25. The lowest BCUT2D eigenvalue weighted by atomic mass is 10.1. The summed E-state index contributed by atoms with van der Waals surface area (Å²) < 4.78 is 22.1. The van der Waals surface area contributed by atoms with E-state index in [1.54, 1.807) is 19.1 Å². The van der Waals surface area contributed by atoms with E-state index in [4.69, 9.17) is 4.74 Å². The first-order valence-electron chi connectivity index (χ1n) is 5.41. The van der Waals surface area contributed by atoms with Gasteiger partial charge in [-0.05, 0) is 36.2 Å². The van der Waals surface area contributed by atoms with E-state index in [1.807, 2.05) is 0 Å². The minimum absolute atomic E-state index is 0.198. The second-order valence-electron chi connectivity index (χ2n) is 3.91. The molecule has 2 rings (SSSR count). The van der Waals surface area contributed by atoms with E-state index < -0.39 is 11.9 Å². The molecule has 1 unspecified atom stereocenters. The van der Waals surface area contributed by atoms with Crippen molar-refractivity contribution in [2.24, 2.45) is 0 Å². The molecule has 6 heteroatoms. The van der Waals surface area contributed by atoms with Crippen LogP contribution in [0.25, 0.3) is 0 Å². The van der Waals surface area contributed by atoms with Crippen molar-refractivity contribution >= 4 is 11.5 Å². The molecule has 1 heterocycles. The van der Waals surface area contributed by atoms with E-state index in [9.17, 15) is 9.50 Å². The summed E-state index contributed by atoms with van der Waals surface area (Å²) in [6.07, 6.45) is -0.385. The van der Waals surface area contributed by atoms with E-state index in [0.29, 0.717) is 22.6 Å². The fourth-order valence-electron chi connectivity index (χ4n) is 1.70. The molecule has 4 nitrogen and oxygen atoms in total. The molecule has 0 saturated carbocycles. The molecule has 0 saturated heterocycles. The van der Waals surface area contributed by atoms with Crippen LogP contribution in [-0.2, 0) is 6.42 Å². The number of nitrogens with zero attached hydrogens (tertiary/aromatic N) is 2. The third kappa shape index (κ3) is 2.65. The highest BCUT2D eigenvalue weighted by molar-refractivity contribution is 7.05. The van der Waals surface area contributed by atoms with Crippen LogP contribution in [0.1, 0.15) is 22.2 Å². The number of aliphatic hydroxyl groups excluding tert-OH is 1. The highest BCUT2D eigenvalue weighted by atomic mass is 32.1. The molecule has 0 fully saturated rings. The molecule has 1 aromatic heterocycles. The lowest BCUT2D eigenvalue weighted by Crippen LogP contribution is -2.02. The van der Waals surface area contributed by atoms with Gasteiger partial charge in [-0.2, -0.15) is 0 Å². The van der Waals surface area contributed by atoms with Crippen LogP contribution in [0.3, 0.4) is 0 Å². The predicted molar refractivity (Wildman–Crippen MR) is 66.3 cm³/mol. The first-order chi connectivity index (χ1) is 8.61. The summed E-state index contributed by atoms with van der Waals surface area (Å²) >= 11 is 1.16. The summed E-state index contributed by atoms with van der Waals surface area (Å²) in [6, 6.07) is 4.65. The minimum Gasteiger partial charge on any atom is -0.494 e. The zero-order valence-electron chi connectivity index (χ0n) is 10.1. The Morgan fingerprint density at radius 1 is 1.50 bits per heavy atom. The van der Waals surface area contributed by atoms with Gasteiger partial charge < -0.3 is 9.84 Å². The minimum atomic E-state index is -0.710. The summed E-state index contributed by atoms with van der Waals surface area (Å²) in [4.78, 5) is 0.714. The van der Waals surface area contributed by atoms with Crippen molar-refractivity contribution < 1.29 is 14.2 Å². The number of ether oxygens (including phenoxy) is 1. The third-order valence-electron chi connectivity index (χ3n) is 2.63. The number of aromatic nitrogens is 2. The standard InChI is InChI=1S/C12H13FN2O2S/c1-7-12(18-15-14-7)10(16)6-8-3-4-11(17-2)9(13)5-8/h3-5,10,16H,6H2,1-2H3. The predicted octanol–water partition coefficient (Wildman–Crippen LogP) is 2.27. The largest absolute Gasteiger partial charge is 0.494 e. The van der Waals surface area contributed by atoms with Crippen molar-refractivity contribution in [1.29, 1.82) is 0 Å². The number of hydrogen-bond donors (Lipinski definition) is 1. The van der Waals surface area contributed by atoms with Gasteiger partial charge in [-0.3, -0.25) is 0 Å². The molecule has 1 aromatic carbocycles. The number of hydrogen-bond acceptors (Lipinski definition) is 5. The first-order valence-corrected chi connectivity index (χ1v) is 6.18. The van der Waals surface area contributed by atoms with Crippen LogP contribution in [0.15, 0.2) is 18.2 Å². The molecule has 0 amide bonds. The van der Waals surface area contributed by atoms with Crippen LogP contribution in [0.2, 0.25) is 0 Å². The van der Waals surface area contributed by atoms with Crippen molar-refractivity contribution in [3.8, 4) is 5.75 Å². The maximum atomic E-state index is 13.5. The van der Waals surface area contributed by atoms with Gasteiger partial charge in [0, 0.05) is 6.42 Å². The number of aryl methyl sites for hydroxylation is 1. The van der Waals surface area contributed by atoms with E-state index in [1.165, 1.54) is 13.2 Å². The molecule has 0 aliphatic heterocycles. The molecule has 0 aliphatic rings. The van der Waals surface area contributed by atoms with Crippen molar-refractivity contribution in [2.45, 2.75) is 19.4 Å². The Labute approximate surface area is 108 Å². The van der Waals surface area contributed by atoms with E-state index >= 15 is 0 Å². The highest BCUT2D eigenvalue weighted by Gasteiger charge is 2.15. The SMILES string of the molecule is COc1ccc(CC(O)c2snnc2C)cc1F. The topological polar surface area (TPSA) is 55.2 Å². The molecule has 96 valence electrons. The lowest BCUT2D eigenvalue weighted by molar-refractivity contribution is 0.181. The number of benzene rings is 1. The van der Waals surface area contributed by atoms with Crippen molar-refractivity contribution in [1.82, 2.24) is 9.59 Å². The maximum Gasteiger partial charge on any atom is 0.165 e. The average molecular weight is 268 g/mol. The van der Waals surface area contributed by atoms with Gasteiger partial charge in [0.1, 0.15) is 0 Å². The fourth-order valence-corrected chi connectivity index (χ4v) is 2.32. The van der Waals surface area contributed by atoms with Gasteiger partial charge in [-0.1, -0.05) is 10.6 Å². The second kappa shape index (κ2) is 5.41. The molecule has 0 radical (unpaired) electrons. The quantitative estimate of drug-likeness (QED) is 0.924. The third-order valence-corrected chi connectivity index (χ3v) is 3.56.